The number of carbonyl (C=O) groups excluding carboxylic acids is 2. The Morgan fingerprint density at radius 1 is 1.09 bits per heavy atom. The maximum Gasteiger partial charge on any atom is 0.338 e. The molecule has 4 rings (SSSR count). The quantitative estimate of drug-likeness (QED) is 0.456. The molecule has 4 aromatic rings. The summed E-state index contributed by atoms with van der Waals surface area (Å²) < 4.78 is 6.79. The van der Waals surface area contributed by atoms with Crippen LogP contribution in [0.15, 0.2) is 70.8 Å². The number of hydrogen-bond acceptors (Lipinski definition) is 6. The minimum Gasteiger partial charge on any atom is -0.449 e. The van der Waals surface area contributed by atoms with Crippen LogP contribution in [0.25, 0.3) is 16.6 Å². The van der Waals surface area contributed by atoms with Gasteiger partial charge >= 0.3 is 5.97 Å². The number of fused-ring (bicyclic) bond motifs is 1. The Morgan fingerprint density at radius 3 is 2.56 bits per heavy atom. The van der Waals surface area contributed by atoms with Gasteiger partial charge in [-0.1, -0.05) is 18.2 Å². The van der Waals surface area contributed by atoms with Crippen molar-refractivity contribution in [1.29, 1.82) is 0 Å². The average Bonchev–Trinajstić information content (AvgIpc) is 3.31. The number of aromatic nitrogens is 2. The van der Waals surface area contributed by atoms with Gasteiger partial charge in [0.25, 0.3) is 11.5 Å². The van der Waals surface area contributed by atoms with E-state index < -0.39 is 12.1 Å². The number of esters is 1. The Bertz CT molecular complexity index is 1330. The molecule has 1 unspecified atom stereocenters. The van der Waals surface area contributed by atoms with Gasteiger partial charge in [0, 0.05) is 4.88 Å². The highest BCUT2D eigenvalue weighted by Crippen LogP contribution is 2.15. The molecule has 0 spiro atoms. The van der Waals surface area contributed by atoms with E-state index in [1.54, 1.807) is 49.4 Å². The standard InChI is InChI=1S/C24H21N3O4S/c1-15(22(28)25-14-19-6-5-13-32-19)31-24(30)17-9-11-18(12-10-17)27-16(2)26-21-8-4-3-7-20(21)23(27)29/h3-13,15H,14H2,1-2H3,(H,25,28). The van der Waals surface area contributed by atoms with Gasteiger partial charge in [-0.05, 0) is 61.7 Å². The summed E-state index contributed by atoms with van der Waals surface area (Å²) in [7, 11) is 0. The van der Waals surface area contributed by atoms with Crippen LogP contribution in [0.3, 0.4) is 0 Å². The number of nitrogens with one attached hydrogen (secondary N) is 1. The van der Waals surface area contributed by atoms with Gasteiger partial charge in [0.2, 0.25) is 0 Å². The van der Waals surface area contributed by atoms with Crippen LogP contribution in [-0.4, -0.2) is 27.5 Å². The van der Waals surface area contributed by atoms with Crippen LogP contribution in [0, 0.1) is 6.92 Å². The molecule has 7 nitrogen and oxygen atoms in total. The smallest absolute Gasteiger partial charge is 0.338 e. The summed E-state index contributed by atoms with van der Waals surface area (Å²) in [5.74, 6) is -0.441. The molecule has 0 aliphatic rings. The lowest BCUT2D eigenvalue weighted by Gasteiger charge is -2.14. The number of carbonyl (C=O) groups is 2. The SMILES string of the molecule is Cc1nc2ccccc2c(=O)n1-c1ccc(C(=O)OC(C)C(=O)NCc2cccs2)cc1. The number of hydrogen-bond donors (Lipinski definition) is 1. The third kappa shape index (κ3) is 4.45. The second-order valence-electron chi connectivity index (χ2n) is 7.21. The predicted octanol–water partition coefficient (Wildman–Crippen LogP) is 3.62. The molecule has 0 saturated carbocycles. The number of nitrogens with zero attached hydrogens (tertiary/aromatic N) is 2. The van der Waals surface area contributed by atoms with Gasteiger partial charge in [0.1, 0.15) is 5.82 Å². The molecule has 1 atom stereocenters. The van der Waals surface area contributed by atoms with E-state index in [0.29, 0.717) is 29.0 Å². The van der Waals surface area contributed by atoms with Crippen molar-refractivity contribution in [2.75, 3.05) is 0 Å². The zero-order valence-electron chi connectivity index (χ0n) is 17.6. The Hall–Kier alpha value is -3.78. The van der Waals surface area contributed by atoms with Crippen LogP contribution in [0.2, 0.25) is 0 Å². The molecule has 0 aliphatic carbocycles. The van der Waals surface area contributed by atoms with Crippen LogP contribution in [0.5, 0.6) is 0 Å². The molecule has 0 bridgehead atoms. The molecule has 2 aromatic carbocycles. The first-order valence-electron chi connectivity index (χ1n) is 10.0. The maximum atomic E-state index is 12.9. The van der Waals surface area contributed by atoms with E-state index >= 15 is 0 Å². The summed E-state index contributed by atoms with van der Waals surface area (Å²) in [6.07, 6.45) is -0.934. The third-order valence-corrected chi connectivity index (χ3v) is 5.85. The van der Waals surface area contributed by atoms with Crippen LogP contribution >= 0.6 is 11.3 Å². The molecule has 32 heavy (non-hydrogen) atoms. The van der Waals surface area contributed by atoms with Crippen LogP contribution in [-0.2, 0) is 16.1 Å². The fourth-order valence-electron chi connectivity index (χ4n) is 3.31. The number of thiophene rings is 1. The molecule has 0 radical (unpaired) electrons. The zero-order valence-corrected chi connectivity index (χ0v) is 18.4. The van der Waals surface area contributed by atoms with E-state index in [1.165, 1.54) is 22.8 Å². The van der Waals surface area contributed by atoms with Crippen LogP contribution in [0.1, 0.15) is 28.0 Å². The van der Waals surface area contributed by atoms with Crippen molar-refractivity contribution in [3.05, 3.63) is 92.7 Å². The van der Waals surface area contributed by atoms with Crippen molar-refractivity contribution in [3.8, 4) is 5.69 Å². The van der Waals surface area contributed by atoms with Crippen molar-refractivity contribution in [2.45, 2.75) is 26.5 Å². The molecule has 1 amide bonds. The first-order valence-corrected chi connectivity index (χ1v) is 10.9. The van der Waals surface area contributed by atoms with Crippen molar-refractivity contribution >= 4 is 34.1 Å². The molecule has 1 N–H and O–H groups in total. The molecule has 162 valence electrons. The van der Waals surface area contributed by atoms with Crippen LogP contribution in [0.4, 0.5) is 0 Å². The maximum absolute atomic E-state index is 12.9. The van der Waals surface area contributed by atoms with Gasteiger partial charge in [-0.15, -0.1) is 11.3 Å². The monoisotopic (exact) mass is 447 g/mol. The third-order valence-electron chi connectivity index (χ3n) is 4.97. The Balaban J connectivity index is 1.46. The summed E-state index contributed by atoms with van der Waals surface area (Å²) >= 11 is 1.54. The lowest BCUT2D eigenvalue weighted by Crippen LogP contribution is -2.35. The predicted molar refractivity (Wildman–Crippen MR) is 123 cm³/mol. The highest BCUT2D eigenvalue weighted by atomic mass is 32.1. The Kier molecular flexibility index (Phi) is 6.13. The molecule has 0 fully saturated rings. The van der Waals surface area contributed by atoms with E-state index in [9.17, 15) is 14.4 Å². The minimum atomic E-state index is -0.934. The number of amides is 1. The van der Waals surface area contributed by atoms with E-state index in [4.69, 9.17) is 4.74 Å². The fraction of sp³-hybridized carbons (Fsp3) is 0.167. The topological polar surface area (TPSA) is 90.3 Å². The second-order valence-corrected chi connectivity index (χ2v) is 8.24. The first-order chi connectivity index (χ1) is 15.4. The number of benzene rings is 2. The van der Waals surface area contributed by atoms with Crippen molar-refractivity contribution in [2.24, 2.45) is 0 Å². The summed E-state index contributed by atoms with van der Waals surface area (Å²) in [4.78, 5) is 43.1. The minimum absolute atomic E-state index is 0.181. The van der Waals surface area contributed by atoms with E-state index in [2.05, 4.69) is 10.3 Å². The lowest BCUT2D eigenvalue weighted by atomic mass is 10.2. The van der Waals surface area contributed by atoms with Gasteiger partial charge in [-0.2, -0.15) is 0 Å². The molecule has 2 heterocycles. The molecule has 0 saturated heterocycles. The number of para-hydroxylation sites is 1. The molecule has 8 heteroatoms. The first kappa shape index (κ1) is 21.5. The van der Waals surface area contributed by atoms with Crippen LogP contribution < -0.4 is 10.9 Å². The second kappa shape index (κ2) is 9.15. The van der Waals surface area contributed by atoms with E-state index in [-0.39, 0.29) is 17.0 Å². The summed E-state index contributed by atoms with van der Waals surface area (Å²) in [5, 5.41) is 5.19. The average molecular weight is 448 g/mol. The highest BCUT2D eigenvalue weighted by molar-refractivity contribution is 7.09. The number of aryl methyl sites for hydroxylation is 1. The fourth-order valence-corrected chi connectivity index (χ4v) is 3.95. The van der Waals surface area contributed by atoms with Crippen molar-refractivity contribution in [1.82, 2.24) is 14.9 Å². The number of ether oxygens (including phenoxy) is 1. The number of rotatable bonds is 6. The van der Waals surface area contributed by atoms with E-state index in [1.807, 2.05) is 23.6 Å². The van der Waals surface area contributed by atoms with Gasteiger partial charge in [0.15, 0.2) is 6.10 Å². The van der Waals surface area contributed by atoms with Gasteiger partial charge in [-0.25, -0.2) is 9.78 Å². The highest BCUT2D eigenvalue weighted by Gasteiger charge is 2.19. The largest absolute Gasteiger partial charge is 0.449 e. The van der Waals surface area contributed by atoms with Gasteiger partial charge < -0.3 is 10.1 Å². The molecule has 0 aliphatic heterocycles. The summed E-state index contributed by atoms with van der Waals surface area (Å²) in [6, 6.07) is 17.4. The van der Waals surface area contributed by atoms with Crippen molar-refractivity contribution < 1.29 is 14.3 Å². The zero-order chi connectivity index (χ0) is 22.7. The Morgan fingerprint density at radius 2 is 1.84 bits per heavy atom. The van der Waals surface area contributed by atoms with E-state index in [0.717, 1.165) is 4.88 Å². The summed E-state index contributed by atoms with van der Waals surface area (Å²) in [6.45, 7) is 3.67. The Labute approximate surface area is 188 Å². The molecular weight excluding hydrogens is 426 g/mol. The van der Waals surface area contributed by atoms with Crippen molar-refractivity contribution in [3.63, 3.8) is 0 Å². The normalized spacial score (nSPS) is 11.8. The van der Waals surface area contributed by atoms with Gasteiger partial charge in [-0.3, -0.25) is 14.2 Å². The van der Waals surface area contributed by atoms with Gasteiger partial charge in [0.05, 0.1) is 28.7 Å². The lowest BCUT2D eigenvalue weighted by molar-refractivity contribution is -0.129. The molecule has 2 aromatic heterocycles. The molecular formula is C24H21N3O4S. The summed E-state index contributed by atoms with van der Waals surface area (Å²) in [5.41, 5.74) is 1.33.